The van der Waals surface area contributed by atoms with Crippen molar-refractivity contribution in [3.8, 4) is 0 Å². The number of methoxy groups -OCH3 is 1. The van der Waals surface area contributed by atoms with Crippen LogP contribution in [0.1, 0.15) is 47.1 Å². The summed E-state index contributed by atoms with van der Waals surface area (Å²) in [6.45, 7) is 6.36. The lowest BCUT2D eigenvalue weighted by Crippen LogP contribution is -2.14. The van der Waals surface area contributed by atoms with E-state index in [1.807, 2.05) is 32.0 Å². The van der Waals surface area contributed by atoms with E-state index < -0.39 is 11.7 Å². The molecule has 7 heteroatoms. The first kappa shape index (κ1) is 20.9. The zero-order valence-electron chi connectivity index (χ0n) is 17.5. The highest BCUT2D eigenvalue weighted by Crippen LogP contribution is 2.35. The molecule has 29 heavy (non-hydrogen) atoms. The summed E-state index contributed by atoms with van der Waals surface area (Å²) in [4.78, 5) is 12.3. The topological polar surface area (TPSA) is 66.2 Å². The summed E-state index contributed by atoms with van der Waals surface area (Å²) < 4.78 is 27.5. The Morgan fingerprint density at radius 1 is 1.24 bits per heavy atom. The third kappa shape index (κ3) is 4.15. The number of carbonyl (C=O) groups is 1. The van der Waals surface area contributed by atoms with Gasteiger partial charge in [0.05, 0.1) is 25.2 Å². The van der Waals surface area contributed by atoms with Crippen LogP contribution >= 0.6 is 0 Å². The van der Waals surface area contributed by atoms with Crippen LogP contribution in [0.5, 0.6) is 0 Å². The van der Waals surface area contributed by atoms with Crippen LogP contribution in [-0.4, -0.2) is 34.7 Å². The largest absolute Gasteiger partial charge is 0.466 e. The summed E-state index contributed by atoms with van der Waals surface area (Å²) in [5.41, 5.74) is 5.02. The number of rotatable bonds is 7. The van der Waals surface area contributed by atoms with E-state index in [9.17, 15) is 4.79 Å². The van der Waals surface area contributed by atoms with Crippen molar-refractivity contribution in [1.29, 1.82) is 0 Å². The Kier molecular flexibility index (Phi) is 6.27. The Morgan fingerprint density at radius 3 is 2.69 bits per heavy atom. The van der Waals surface area contributed by atoms with Crippen LogP contribution in [0.25, 0.3) is 11.0 Å². The molecule has 0 saturated heterocycles. The van der Waals surface area contributed by atoms with Gasteiger partial charge in [-0.1, -0.05) is 29.5 Å². The molecule has 3 rings (SSSR count). The van der Waals surface area contributed by atoms with E-state index in [0.29, 0.717) is 17.7 Å². The fourth-order valence-corrected chi connectivity index (χ4v) is 3.72. The molecule has 2 aromatic carbocycles. The van der Waals surface area contributed by atoms with Gasteiger partial charge >= 0.3 is 5.97 Å². The average molecular weight is 399 g/mol. The maximum absolute atomic E-state index is 15.5. The minimum absolute atomic E-state index is 0.0332. The number of benzene rings is 2. The zero-order valence-corrected chi connectivity index (χ0v) is 17.5. The van der Waals surface area contributed by atoms with Crippen molar-refractivity contribution in [3.05, 3.63) is 57.9 Å². The normalized spacial score (nSPS) is 12.3. The van der Waals surface area contributed by atoms with Crippen molar-refractivity contribution < 1.29 is 18.7 Å². The number of carbonyl (C=O) groups excluding carboxylic acids is 1. The Bertz CT molecular complexity index is 1050. The molecule has 3 aromatic rings. The molecule has 0 amide bonds. The number of ether oxygens (including phenoxy) is 2. The molecular formula is C22H26FN3O3. The van der Waals surface area contributed by atoms with E-state index in [-0.39, 0.29) is 24.5 Å². The van der Waals surface area contributed by atoms with Crippen molar-refractivity contribution in [3.63, 3.8) is 0 Å². The smallest absolute Gasteiger partial charge is 0.306 e. The third-order valence-electron chi connectivity index (χ3n) is 5.16. The van der Waals surface area contributed by atoms with E-state index in [1.54, 1.807) is 31.8 Å². The SMILES string of the molecule is CCOC(=O)CC(c1ccc(C)c(COC)c1)c1cc(C)c2c(nnn2C)c1F. The number of hydrogen-bond acceptors (Lipinski definition) is 5. The van der Waals surface area contributed by atoms with Gasteiger partial charge < -0.3 is 9.47 Å². The third-order valence-corrected chi connectivity index (χ3v) is 5.16. The van der Waals surface area contributed by atoms with Gasteiger partial charge in [-0.05, 0) is 48.6 Å². The number of halogens is 1. The van der Waals surface area contributed by atoms with Gasteiger partial charge in [-0.3, -0.25) is 4.79 Å². The molecule has 0 spiro atoms. The van der Waals surface area contributed by atoms with Gasteiger partial charge in [0.15, 0.2) is 5.82 Å². The molecule has 0 saturated carbocycles. The van der Waals surface area contributed by atoms with E-state index in [4.69, 9.17) is 9.47 Å². The van der Waals surface area contributed by atoms with Gasteiger partial charge in [0.1, 0.15) is 5.52 Å². The molecule has 0 radical (unpaired) electrons. The Morgan fingerprint density at radius 2 is 2.00 bits per heavy atom. The van der Waals surface area contributed by atoms with E-state index in [1.165, 1.54) is 0 Å². The molecule has 0 aliphatic rings. The second-order valence-corrected chi connectivity index (χ2v) is 7.19. The summed E-state index contributed by atoms with van der Waals surface area (Å²) in [5.74, 6) is -1.33. The van der Waals surface area contributed by atoms with Crippen LogP contribution in [0.2, 0.25) is 0 Å². The molecule has 1 heterocycles. The van der Waals surface area contributed by atoms with Crippen LogP contribution < -0.4 is 0 Å². The van der Waals surface area contributed by atoms with Gasteiger partial charge in [0, 0.05) is 20.1 Å². The fourth-order valence-electron chi connectivity index (χ4n) is 3.72. The molecule has 0 bridgehead atoms. The molecule has 154 valence electrons. The van der Waals surface area contributed by atoms with Crippen molar-refractivity contribution in [2.24, 2.45) is 7.05 Å². The van der Waals surface area contributed by atoms with E-state index in [2.05, 4.69) is 10.3 Å². The molecule has 0 N–H and O–H groups in total. The monoisotopic (exact) mass is 399 g/mol. The molecule has 0 aliphatic carbocycles. The average Bonchev–Trinajstić information content (AvgIpc) is 3.08. The van der Waals surface area contributed by atoms with E-state index in [0.717, 1.165) is 22.3 Å². The summed E-state index contributed by atoms with van der Waals surface area (Å²) >= 11 is 0. The minimum Gasteiger partial charge on any atom is -0.466 e. The van der Waals surface area contributed by atoms with Crippen LogP contribution in [0.4, 0.5) is 4.39 Å². The number of aryl methyl sites for hydroxylation is 3. The lowest BCUT2D eigenvalue weighted by atomic mass is 9.85. The maximum atomic E-state index is 15.5. The Hall–Kier alpha value is -2.80. The number of fused-ring (bicyclic) bond motifs is 1. The molecule has 1 atom stereocenters. The molecule has 0 aliphatic heterocycles. The Labute approximate surface area is 169 Å². The summed E-state index contributed by atoms with van der Waals surface area (Å²) in [5, 5.41) is 7.94. The highest BCUT2D eigenvalue weighted by atomic mass is 19.1. The maximum Gasteiger partial charge on any atom is 0.306 e. The molecular weight excluding hydrogens is 373 g/mol. The molecule has 1 aromatic heterocycles. The number of esters is 1. The molecule has 0 fully saturated rings. The summed E-state index contributed by atoms with van der Waals surface area (Å²) in [6, 6.07) is 7.64. The van der Waals surface area contributed by atoms with E-state index >= 15 is 4.39 Å². The van der Waals surface area contributed by atoms with Gasteiger partial charge in [-0.2, -0.15) is 0 Å². The first-order valence-electron chi connectivity index (χ1n) is 9.59. The summed E-state index contributed by atoms with van der Waals surface area (Å²) in [6.07, 6.45) is 0.0332. The zero-order chi connectivity index (χ0) is 21.1. The molecule has 1 unspecified atom stereocenters. The quantitative estimate of drug-likeness (QED) is 0.563. The van der Waals surface area contributed by atoms with Gasteiger partial charge in [-0.25, -0.2) is 9.07 Å². The van der Waals surface area contributed by atoms with Crippen LogP contribution in [-0.2, 0) is 27.9 Å². The standard InChI is InChI=1S/C22H26FN3O3/c1-6-29-19(27)11-17(15-8-7-13(2)16(10-15)12-28-5)18-9-14(3)22-21(20(18)23)24-25-26(22)4/h7-10,17H,6,11-12H2,1-5H3. The van der Waals surface area contributed by atoms with Crippen molar-refractivity contribution in [1.82, 2.24) is 15.0 Å². The van der Waals surface area contributed by atoms with Crippen LogP contribution in [0, 0.1) is 19.7 Å². The predicted octanol–water partition coefficient (Wildman–Crippen LogP) is 3.96. The van der Waals surface area contributed by atoms with Crippen LogP contribution in [0.3, 0.4) is 0 Å². The number of aromatic nitrogens is 3. The highest BCUT2D eigenvalue weighted by Gasteiger charge is 2.26. The van der Waals surface area contributed by atoms with Gasteiger partial charge in [0.25, 0.3) is 0 Å². The van der Waals surface area contributed by atoms with Crippen LogP contribution in [0.15, 0.2) is 24.3 Å². The van der Waals surface area contributed by atoms with Gasteiger partial charge in [-0.15, -0.1) is 5.10 Å². The lowest BCUT2D eigenvalue weighted by Gasteiger charge is -2.20. The first-order valence-corrected chi connectivity index (χ1v) is 9.59. The fraction of sp³-hybridized carbons (Fsp3) is 0.409. The summed E-state index contributed by atoms with van der Waals surface area (Å²) in [7, 11) is 3.36. The number of nitrogens with zero attached hydrogens (tertiary/aromatic N) is 3. The first-order chi connectivity index (χ1) is 13.9. The van der Waals surface area contributed by atoms with Crippen molar-refractivity contribution >= 4 is 17.0 Å². The second-order valence-electron chi connectivity index (χ2n) is 7.19. The van der Waals surface area contributed by atoms with Crippen molar-refractivity contribution in [2.75, 3.05) is 13.7 Å². The number of hydrogen-bond donors (Lipinski definition) is 0. The lowest BCUT2D eigenvalue weighted by molar-refractivity contribution is -0.143. The second kappa shape index (κ2) is 8.69. The van der Waals surface area contributed by atoms with Crippen molar-refractivity contribution in [2.45, 2.75) is 39.7 Å². The Balaban J connectivity index is 2.17. The minimum atomic E-state index is -0.504. The predicted molar refractivity (Wildman–Crippen MR) is 108 cm³/mol. The van der Waals surface area contributed by atoms with Gasteiger partial charge in [0.2, 0.25) is 0 Å². The highest BCUT2D eigenvalue weighted by molar-refractivity contribution is 5.80. The molecule has 6 nitrogen and oxygen atoms in total.